The van der Waals surface area contributed by atoms with Crippen molar-refractivity contribution in [2.45, 2.75) is 83.8 Å². The highest BCUT2D eigenvalue weighted by Crippen LogP contribution is 2.37. The van der Waals surface area contributed by atoms with E-state index in [0.29, 0.717) is 19.6 Å². The van der Waals surface area contributed by atoms with Crippen molar-refractivity contribution in [1.82, 2.24) is 0 Å². The van der Waals surface area contributed by atoms with Gasteiger partial charge in [0.25, 0.3) is 0 Å². The van der Waals surface area contributed by atoms with Gasteiger partial charge in [0, 0.05) is 6.42 Å². The Labute approximate surface area is 153 Å². The molecule has 0 saturated carbocycles. The lowest BCUT2D eigenvalue weighted by molar-refractivity contribution is -0.141. The topological polar surface area (TPSA) is 47.9 Å². The van der Waals surface area contributed by atoms with Crippen molar-refractivity contribution < 1.29 is 19.0 Å². The molecule has 1 N–H and O–H groups in total. The summed E-state index contributed by atoms with van der Waals surface area (Å²) in [7, 11) is -1.74. The first-order valence-electron chi connectivity index (χ1n) is 9.12. The molecule has 0 aliphatic carbocycles. The molecule has 0 aromatic heterocycles. The van der Waals surface area contributed by atoms with Crippen LogP contribution in [0.2, 0.25) is 18.1 Å². The van der Waals surface area contributed by atoms with Crippen molar-refractivity contribution in [2.24, 2.45) is 0 Å². The van der Waals surface area contributed by atoms with Gasteiger partial charge in [-0.2, -0.15) is 0 Å². The van der Waals surface area contributed by atoms with Gasteiger partial charge in [-0.3, -0.25) is 0 Å². The molecular weight excluding hydrogens is 332 g/mol. The predicted octanol–water partition coefficient (Wildman–Crippen LogP) is 4.78. The van der Waals surface area contributed by atoms with E-state index in [1.165, 1.54) is 0 Å². The van der Waals surface area contributed by atoms with Gasteiger partial charge in [0.05, 0.1) is 25.4 Å². The van der Waals surface area contributed by atoms with E-state index in [9.17, 15) is 5.11 Å². The zero-order chi connectivity index (χ0) is 18.9. The van der Waals surface area contributed by atoms with Crippen molar-refractivity contribution in [3.05, 3.63) is 35.4 Å². The number of hydrogen-bond donors (Lipinski definition) is 1. The van der Waals surface area contributed by atoms with Gasteiger partial charge in [-0.05, 0) is 43.1 Å². The third-order valence-electron chi connectivity index (χ3n) is 5.32. The fraction of sp³-hybridized carbons (Fsp3) is 0.700. The first-order chi connectivity index (χ1) is 11.4. The molecule has 0 spiro atoms. The SMILES string of the molecule is CC1(C)OC[C@@H](C[C@@H](O)c2ccc(CO[Si](C)(C)C(C)(C)C)cc2)O1. The minimum absolute atomic E-state index is 0.0633. The van der Waals surface area contributed by atoms with Crippen molar-refractivity contribution in [3.63, 3.8) is 0 Å². The molecule has 142 valence electrons. The second-order valence-corrected chi connectivity index (χ2v) is 13.8. The molecule has 25 heavy (non-hydrogen) atoms. The maximum atomic E-state index is 10.4. The van der Waals surface area contributed by atoms with Crippen LogP contribution in [0.15, 0.2) is 24.3 Å². The second kappa shape index (κ2) is 7.49. The Morgan fingerprint density at radius 2 is 1.84 bits per heavy atom. The smallest absolute Gasteiger partial charge is 0.192 e. The van der Waals surface area contributed by atoms with Crippen LogP contribution in [0, 0.1) is 0 Å². The van der Waals surface area contributed by atoms with Gasteiger partial charge < -0.3 is 19.0 Å². The summed E-state index contributed by atoms with van der Waals surface area (Å²) in [6, 6.07) is 8.05. The fourth-order valence-corrected chi connectivity index (χ4v) is 3.54. The normalized spacial score (nSPS) is 22.2. The molecule has 1 aromatic carbocycles. The Hall–Kier alpha value is -0.723. The van der Waals surface area contributed by atoms with Gasteiger partial charge in [0.15, 0.2) is 14.1 Å². The van der Waals surface area contributed by atoms with Crippen molar-refractivity contribution in [1.29, 1.82) is 0 Å². The molecule has 1 aliphatic rings. The monoisotopic (exact) mass is 366 g/mol. The van der Waals surface area contributed by atoms with Crippen LogP contribution >= 0.6 is 0 Å². The molecule has 2 rings (SSSR count). The van der Waals surface area contributed by atoms with Gasteiger partial charge in [-0.25, -0.2) is 0 Å². The van der Waals surface area contributed by atoms with Gasteiger partial charge in [-0.15, -0.1) is 0 Å². The predicted molar refractivity (Wildman–Crippen MR) is 103 cm³/mol. The molecule has 0 bridgehead atoms. The molecule has 0 amide bonds. The van der Waals surface area contributed by atoms with Crippen LogP contribution in [0.3, 0.4) is 0 Å². The zero-order valence-electron chi connectivity index (χ0n) is 16.8. The quantitative estimate of drug-likeness (QED) is 0.736. The zero-order valence-corrected chi connectivity index (χ0v) is 17.8. The van der Waals surface area contributed by atoms with E-state index in [0.717, 1.165) is 11.1 Å². The maximum absolute atomic E-state index is 10.4. The Bertz CT molecular complexity index is 560. The number of ether oxygens (including phenoxy) is 2. The summed E-state index contributed by atoms with van der Waals surface area (Å²) in [5.41, 5.74) is 2.05. The third kappa shape index (κ3) is 5.63. The van der Waals surface area contributed by atoms with Crippen LogP contribution in [0.4, 0.5) is 0 Å². The van der Waals surface area contributed by atoms with Crippen LogP contribution in [0.1, 0.15) is 58.3 Å². The number of aliphatic hydroxyl groups excluding tert-OH is 1. The molecule has 0 radical (unpaired) electrons. The highest BCUT2D eigenvalue weighted by Gasteiger charge is 2.37. The van der Waals surface area contributed by atoms with E-state index in [1.54, 1.807) is 0 Å². The first kappa shape index (κ1) is 20.6. The van der Waals surface area contributed by atoms with Crippen LogP contribution in [-0.2, 0) is 20.5 Å². The lowest BCUT2D eigenvalue weighted by Gasteiger charge is -2.36. The maximum Gasteiger partial charge on any atom is 0.192 e. The van der Waals surface area contributed by atoms with Crippen molar-refractivity contribution >= 4 is 8.32 Å². The molecule has 1 aromatic rings. The number of benzene rings is 1. The average Bonchev–Trinajstić information content (AvgIpc) is 2.83. The molecule has 4 nitrogen and oxygen atoms in total. The van der Waals surface area contributed by atoms with E-state index in [4.69, 9.17) is 13.9 Å². The highest BCUT2D eigenvalue weighted by atomic mass is 28.4. The summed E-state index contributed by atoms with van der Waals surface area (Å²) < 4.78 is 17.6. The van der Waals surface area contributed by atoms with Gasteiger partial charge in [0.2, 0.25) is 0 Å². The Kier molecular flexibility index (Phi) is 6.17. The summed E-state index contributed by atoms with van der Waals surface area (Å²) in [6.07, 6.45) is -0.0621. The molecule has 0 unspecified atom stereocenters. The summed E-state index contributed by atoms with van der Waals surface area (Å²) >= 11 is 0. The Morgan fingerprint density at radius 3 is 2.32 bits per heavy atom. The lowest BCUT2D eigenvalue weighted by Crippen LogP contribution is -2.40. The molecule has 1 fully saturated rings. The fourth-order valence-electron chi connectivity index (χ4n) is 2.58. The molecular formula is C20H34O4Si. The van der Waals surface area contributed by atoms with E-state index >= 15 is 0 Å². The summed E-state index contributed by atoms with van der Waals surface area (Å²) in [4.78, 5) is 0. The molecule has 1 heterocycles. The minimum Gasteiger partial charge on any atom is -0.413 e. The molecule has 5 heteroatoms. The van der Waals surface area contributed by atoms with Gasteiger partial charge in [-0.1, -0.05) is 45.0 Å². The molecule has 2 atom stereocenters. The van der Waals surface area contributed by atoms with Crippen LogP contribution < -0.4 is 0 Å². The van der Waals surface area contributed by atoms with E-state index < -0.39 is 20.2 Å². The number of aliphatic hydroxyl groups is 1. The second-order valence-electron chi connectivity index (χ2n) is 8.99. The van der Waals surface area contributed by atoms with Gasteiger partial charge >= 0.3 is 0 Å². The summed E-state index contributed by atoms with van der Waals surface area (Å²) in [5.74, 6) is -0.546. The van der Waals surface area contributed by atoms with Crippen LogP contribution in [-0.4, -0.2) is 31.9 Å². The van der Waals surface area contributed by atoms with Gasteiger partial charge in [0.1, 0.15) is 0 Å². The number of hydrogen-bond acceptors (Lipinski definition) is 4. The molecule has 1 aliphatic heterocycles. The highest BCUT2D eigenvalue weighted by molar-refractivity contribution is 6.74. The van der Waals surface area contributed by atoms with Crippen molar-refractivity contribution in [2.75, 3.05) is 6.61 Å². The average molecular weight is 367 g/mol. The molecule has 1 saturated heterocycles. The van der Waals surface area contributed by atoms with Crippen LogP contribution in [0.25, 0.3) is 0 Å². The Balaban J connectivity index is 1.89. The minimum atomic E-state index is -1.74. The van der Waals surface area contributed by atoms with E-state index in [1.807, 2.05) is 38.1 Å². The summed E-state index contributed by atoms with van der Waals surface area (Å²) in [6.45, 7) is 16.2. The standard InChI is InChI=1S/C20H34O4Si/c1-19(2,3)25(6,7)23-13-15-8-10-16(11-9-15)18(21)12-17-14-22-20(4,5)24-17/h8-11,17-18,21H,12-14H2,1-7H3/t17-,18-/m1/s1. The van der Waals surface area contributed by atoms with Crippen LogP contribution in [0.5, 0.6) is 0 Å². The van der Waals surface area contributed by atoms with Crippen molar-refractivity contribution in [3.8, 4) is 0 Å². The Morgan fingerprint density at radius 1 is 1.24 bits per heavy atom. The third-order valence-corrected chi connectivity index (χ3v) is 9.80. The number of rotatable bonds is 6. The summed E-state index contributed by atoms with van der Waals surface area (Å²) in [5, 5.41) is 10.7. The first-order valence-corrected chi connectivity index (χ1v) is 12.0. The van der Waals surface area contributed by atoms with E-state index in [-0.39, 0.29) is 11.1 Å². The largest absolute Gasteiger partial charge is 0.413 e. The van der Waals surface area contributed by atoms with E-state index in [2.05, 4.69) is 33.9 Å². The lowest BCUT2D eigenvalue weighted by atomic mass is 10.0.